The van der Waals surface area contributed by atoms with Gasteiger partial charge in [-0.25, -0.2) is 8.78 Å². The Morgan fingerprint density at radius 1 is 0.727 bits per heavy atom. The van der Waals surface area contributed by atoms with Crippen molar-refractivity contribution in [2.24, 2.45) is 17.8 Å². The fourth-order valence-corrected chi connectivity index (χ4v) is 6.87. The Morgan fingerprint density at radius 2 is 1.21 bits per heavy atom. The number of hydrogen-bond donors (Lipinski definition) is 0. The van der Waals surface area contributed by atoms with Crippen LogP contribution in [0, 0.1) is 29.4 Å². The normalized spacial score (nSPS) is 21.8. The first-order valence-electron chi connectivity index (χ1n) is 12.7. The lowest BCUT2D eigenvalue weighted by atomic mass is 9.80. The summed E-state index contributed by atoms with van der Waals surface area (Å²) in [5, 5.41) is 1.47. The Morgan fingerprint density at radius 3 is 1.73 bits per heavy atom. The maximum atomic E-state index is 15.3. The average molecular weight is 473 g/mol. The molecule has 2 aliphatic carbocycles. The summed E-state index contributed by atoms with van der Waals surface area (Å²) >= 11 is 1.16. The van der Waals surface area contributed by atoms with Crippen LogP contribution in [0.1, 0.15) is 71.1 Å². The summed E-state index contributed by atoms with van der Waals surface area (Å²) < 4.78 is 43.2. The van der Waals surface area contributed by atoms with Crippen molar-refractivity contribution in [1.29, 1.82) is 0 Å². The maximum absolute atomic E-state index is 15.3. The molecule has 2 aliphatic rings. The van der Waals surface area contributed by atoms with E-state index in [4.69, 9.17) is 9.47 Å². The van der Waals surface area contributed by atoms with E-state index in [0.717, 1.165) is 53.7 Å². The predicted octanol–water partition coefficient (Wildman–Crippen LogP) is 8.89. The average Bonchev–Trinajstić information content (AvgIpc) is 3.48. The molecule has 5 rings (SSSR count). The van der Waals surface area contributed by atoms with Crippen LogP contribution in [0.5, 0.6) is 11.5 Å². The smallest absolute Gasteiger partial charge is 0.182 e. The third-order valence-corrected chi connectivity index (χ3v) is 8.91. The molecule has 1 aromatic heterocycles. The Labute approximate surface area is 199 Å². The van der Waals surface area contributed by atoms with Crippen LogP contribution >= 0.6 is 11.3 Å². The van der Waals surface area contributed by atoms with Crippen molar-refractivity contribution >= 4 is 31.5 Å². The number of fused-ring (bicyclic) bond motifs is 3. The molecule has 33 heavy (non-hydrogen) atoms. The van der Waals surface area contributed by atoms with E-state index in [1.54, 1.807) is 12.1 Å². The van der Waals surface area contributed by atoms with Gasteiger partial charge in [0.15, 0.2) is 23.1 Å². The molecule has 0 atom stereocenters. The minimum absolute atomic E-state index is 0.275. The van der Waals surface area contributed by atoms with Crippen molar-refractivity contribution in [2.75, 3.05) is 13.2 Å². The molecule has 0 saturated heterocycles. The van der Waals surface area contributed by atoms with Crippen molar-refractivity contribution in [3.05, 3.63) is 35.9 Å². The van der Waals surface area contributed by atoms with Gasteiger partial charge in [-0.1, -0.05) is 45.4 Å². The molecule has 2 nitrogen and oxygen atoms in total. The number of benzene rings is 2. The highest BCUT2D eigenvalue weighted by molar-refractivity contribution is 7.25. The van der Waals surface area contributed by atoms with Crippen molar-refractivity contribution < 1.29 is 18.3 Å². The molecule has 2 saturated carbocycles. The van der Waals surface area contributed by atoms with Gasteiger partial charge in [-0.15, -0.1) is 11.3 Å². The standard InChI is InChI=1S/C28H34F2O2S/c1-2-5-18-8-10-20(11-9-18)17-32-24-15-13-22-21-12-14-23(31-16-19-6-3-4-7-19)25(29)27(21)33-28(22)26(24)30/h12-15,18-20H,2-11,16-17H2,1H3. The first kappa shape index (κ1) is 22.9. The molecular weight excluding hydrogens is 438 g/mol. The third kappa shape index (κ3) is 4.84. The first-order valence-corrected chi connectivity index (χ1v) is 13.5. The predicted molar refractivity (Wildman–Crippen MR) is 133 cm³/mol. The lowest BCUT2D eigenvalue weighted by Crippen LogP contribution is -2.20. The third-order valence-electron chi connectivity index (χ3n) is 7.70. The second-order valence-corrected chi connectivity index (χ2v) is 11.1. The molecule has 2 fully saturated rings. The van der Waals surface area contributed by atoms with E-state index >= 15 is 8.78 Å². The van der Waals surface area contributed by atoms with Crippen molar-refractivity contribution in [1.82, 2.24) is 0 Å². The van der Waals surface area contributed by atoms with Crippen LogP contribution in [-0.2, 0) is 0 Å². The van der Waals surface area contributed by atoms with E-state index in [2.05, 4.69) is 6.92 Å². The summed E-state index contributed by atoms with van der Waals surface area (Å²) in [4.78, 5) is 0. The molecule has 178 valence electrons. The number of halogens is 2. The highest BCUT2D eigenvalue weighted by Gasteiger charge is 2.23. The minimum atomic E-state index is -0.377. The summed E-state index contributed by atoms with van der Waals surface area (Å²) in [7, 11) is 0. The Kier molecular flexibility index (Phi) is 7.05. The molecule has 0 N–H and O–H groups in total. The second-order valence-electron chi connectivity index (χ2n) is 10.1. The van der Waals surface area contributed by atoms with E-state index in [1.165, 1.54) is 38.5 Å². The van der Waals surface area contributed by atoms with Gasteiger partial charge in [0.2, 0.25) is 0 Å². The molecule has 0 unspecified atom stereocenters. The zero-order valence-electron chi connectivity index (χ0n) is 19.5. The zero-order chi connectivity index (χ0) is 22.8. The number of hydrogen-bond acceptors (Lipinski definition) is 3. The lowest BCUT2D eigenvalue weighted by molar-refractivity contribution is 0.175. The van der Waals surface area contributed by atoms with Crippen LogP contribution in [0.2, 0.25) is 0 Å². The fraction of sp³-hybridized carbons (Fsp3) is 0.571. The highest BCUT2D eigenvalue weighted by Crippen LogP contribution is 2.42. The van der Waals surface area contributed by atoms with E-state index in [0.29, 0.717) is 34.4 Å². The molecule has 0 amide bonds. The highest BCUT2D eigenvalue weighted by atomic mass is 32.1. The van der Waals surface area contributed by atoms with Crippen LogP contribution in [0.15, 0.2) is 24.3 Å². The fourth-order valence-electron chi connectivity index (χ4n) is 5.71. The zero-order valence-corrected chi connectivity index (χ0v) is 20.3. The lowest BCUT2D eigenvalue weighted by Gasteiger charge is -2.28. The van der Waals surface area contributed by atoms with Gasteiger partial charge in [0, 0.05) is 10.8 Å². The molecular formula is C28H34F2O2S. The Balaban J connectivity index is 1.31. The molecule has 0 spiro atoms. The summed E-state index contributed by atoms with van der Waals surface area (Å²) in [5.74, 6) is 1.66. The van der Waals surface area contributed by atoms with Gasteiger partial charge in [0.1, 0.15) is 0 Å². The number of thiophene rings is 1. The largest absolute Gasteiger partial charge is 0.490 e. The van der Waals surface area contributed by atoms with Crippen LogP contribution in [0.4, 0.5) is 8.78 Å². The Hall–Kier alpha value is -1.88. The van der Waals surface area contributed by atoms with E-state index in [1.807, 2.05) is 12.1 Å². The Bertz CT molecular complexity index is 1090. The van der Waals surface area contributed by atoms with Gasteiger partial charge in [-0.3, -0.25) is 0 Å². The van der Waals surface area contributed by atoms with Crippen molar-refractivity contribution in [3.63, 3.8) is 0 Å². The van der Waals surface area contributed by atoms with Crippen molar-refractivity contribution in [3.8, 4) is 11.5 Å². The van der Waals surface area contributed by atoms with Gasteiger partial charge in [0.25, 0.3) is 0 Å². The van der Waals surface area contributed by atoms with Gasteiger partial charge in [0.05, 0.1) is 22.6 Å². The molecule has 3 aromatic rings. The summed E-state index contributed by atoms with van der Waals surface area (Å²) in [5.41, 5.74) is 0. The molecule has 1 heterocycles. The van der Waals surface area contributed by atoms with Gasteiger partial charge in [-0.05, 0) is 67.7 Å². The summed E-state index contributed by atoms with van der Waals surface area (Å²) in [6, 6.07) is 7.12. The summed E-state index contributed by atoms with van der Waals surface area (Å²) in [6.07, 6.45) is 12.2. The van der Waals surface area contributed by atoms with Crippen LogP contribution in [-0.4, -0.2) is 13.2 Å². The first-order chi connectivity index (χ1) is 16.1. The van der Waals surface area contributed by atoms with E-state index in [9.17, 15) is 0 Å². The number of rotatable bonds is 8. The molecule has 0 aliphatic heterocycles. The van der Waals surface area contributed by atoms with E-state index < -0.39 is 0 Å². The number of ether oxygens (including phenoxy) is 2. The van der Waals surface area contributed by atoms with Crippen LogP contribution < -0.4 is 9.47 Å². The van der Waals surface area contributed by atoms with Crippen LogP contribution in [0.3, 0.4) is 0 Å². The minimum Gasteiger partial charge on any atom is -0.490 e. The molecule has 2 aromatic carbocycles. The quantitative estimate of drug-likeness (QED) is 0.326. The topological polar surface area (TPSA) is 18.5 Å². The molecule has 0 bridgehead atoms. The SMILES string of the molecule is CCCC1CCC(COc2ccc3c(sc4c(F)c(OCC5CCCC5)ccc43)c2F)CC1. The van der Waals surface area contributed by atoms with Crippen LogP contribution in [0.25, 0.3) is 20.2 Å². The second kappa shape index (κ2) is 10.2. The van der Waals surface area contributed by atoms with E-state index in [-0.39, 0.29) is 23.1 Å². The van der Waals surface area contributed by atoms with Gasteiger partial charge >= 0.3 is 0 Å². The molecule has 0 radical (unpaired) electrons. The molecule has 5 heteroatoms. The monoisotopic (exact) mass is 472 g/mol. The summed E-state index contributed by atoms with van der Waals surface area (Å²) in [6.45, 7) is 3.36. The van der Waals surface area contributed by atoms with Crippen molar-refractivity contribution in [2.45, 2.75) is 71.1 Å². The maximum Gasteiger partial charge on any atom is 0.182 e. The van der Waals surface area contributed by atoms with Gasteiger partial charge < -0.3 is 9.47 Å². The van der Waals surface area contributed by atoms with Gasteiger partial charge in [-0.2, -0.15) is 0 Å².